The van der Waals surface area contributed by atoms with Crippen LogP contribution < -0.4 is 9.46 Å². The van der Waals surface area contributed by atoms with Crippen molar-refractivity contribution < 1.29 is 22.3 Å². The summed E-state index contributed by atoms with van der Waals surface area (Å²) < 4.78 is 52.2. The Balaban J connectivity index is 1.66. The highest BCUT2D eigenvalue weighted by Crippen LogP contribution is 2.23. The summed E-state index contributed by atoms with van der Waals surface area (Å²) in [4.78, 5) is 0. The molecule has 0 spiro atoms. The minimum atomic E-state index is -3.35. The van der Waals surface area contributed by atoms with Crippen molar-refractivity contribution in [2.45, 2.75) is 12.5 Å². The molecule has 3 rings (SSSR count). The third kappa shape index (κ3) is 4.94. The van der Waals surface area contributed by atoms with Crippen molar-refractivity contribution in [2.24, 2.45) is 5.92 Å². The standard InChI is InChI=1S/C16H19ClFN3O4S/c1-26(22,23)20-15-10-24-5-4-11(15)9-25-13-2-3-16(14(18)6-13)21-8-12(17)7-19-21/h2-3,6-8,11,15,20H,4-5,9-10H2,1H3/t11-,15+/m1/s1. The molecule has 1 aliphatic rings. The normalized spacial score (nSPS) is 20.9. The topological polar surface area (TPSA) is 82.5 Å². The van der Waals surface area contributed by atoms with Crippen LogP contribution in [0.2, 0.25) is 5.02 Å². The molecule has 1 aromatic heterocycles. The molecule has 7 nitrogen and oxygen atoms in total. The summed E-state index contributed by atoms with van der Waals surface area (Å²) in [6, 6.07) is 4.08. The first-order chi connectivity index (χ1) is 12.3. The summed E-state index contributed by atoms with van der Waals surface area (Å²) in [7, 11) is -3.35. The number of benzene rings is 1. The Morgan fingerprint density at radius 1 is 1.50 bits per heavy atom. The highest BCUT2D eigenvalue weighted by molar-refractivity contribution is 7.88. The molecule has 1 fully saturated rings. The molecule has 0 amide bonds. The summed E-state index contributed by atoms with van der Waals surface area (Å²) in [6.07, 6.45) is 4.68. The van der Waals surface area contributed by atoms with E-state index in [1.54, 1.807) is 12.1 Å². The van der Waals surface area contributed by atoms with E-state index in [-0.39, 0.29) is 30.9 Å². The third-order valence-corrected chi connectivity index (χ3v) is 4.97. The zero-order chi connectivity index (χ0) is 18.7. The summed E-state index contributed by atoms with van der Waals surface area (Å²) in [5, 5.41) is 4.38. The predicted molar refractivity (Wildman–Crippen MR) is 94.7 cm³/mol. The molecule has 0 radical (unpaired) electrons. The van der Waals surface area contributed by atoms with Gasteiger partial charge in [0.1, 0.15) is 11.4 Å². The lowest BCUT2D eigenvalue weighted by Crippen LogP contribution is -2.48. The number of hydrogen-bond donors (Lipinski definition) is 1. The second-order valence-electron chi connectivity index (χ2n) is 6.15. The largest absolute Gasteiger partial charge is 0.493 e. The summed E-state index contributed by atoms with van der Waals surface area (Å²) in [6.45, 7) is 1.07. The van der Waals surface area contributed by atoms with Crippen molar-refractivity contribution in [1.29, 1.82) is 0 Å². The SMILES string of the molecule is CS(=O)(=O)N[C@H]1COCC[C@@H]1COc1ccc(-n2cc(Cl)cn2)c(F)c1. The summed E-state index contributed by atoms with van der Waals surface area (Å²) in [5.41, 5.74) is 0.256. The fourth-order valence-corrected chi connectivity index (χ4v) is 3.73. The maximum absolute atomic E-state index is 14.3. The first kappa shape index (κ1) is 19.1. The van der Waals surface area contributed by atoms with E-state index in [4.69, 9.17) is 21.1 Å². The number of hydrogen-bond acceptors (Lipinski definition) is 5. The zero-order valence-electron chi connectivity index (χ0n) is 14.1. The van der Waals surface area contributed by atoms with Crippen LogP contribution in [0, 0.1) is 11.7 Å². The quantitative estimate of drug-likeness (QED) is 0.797. The Kier molecular flexibility index (Phi) is 5.81. The number of aromatic nitrogens is 2. The Bertz CT molecular complexity index is 874. The number of nitrogens with one attached hydrogen (secondary N) is 1. The van der Waals surface area contributed by atoms with Gasteiger partial charge in [-0.15, -0.1) is 0 Å². The molecule has 1 aliphatic heterocycles. The monoisotopic (exact) mass is 403 g/mol. The Morgan fingerprint density at radius 2 is 2.31 bits per heavy atom. The molecule has 1 N–H and O–H groups in total. The third-order valence-electron chi connectivity index (χ3n) is 4.05. The van der Waals surface area contributed by atoms with E-state index in [0.29, 0.717) is 23.8 Å². The highest BCUT2D eigenvalue weighted by Gasteiger charge is 2.28. The van der Waals surface area contributed by atoms with Crippen LogP contribution in [0.5, 0.6) is 5.75 Å². The molecule has 10 heteroatoms. The lowest BCUT2D eigenvalue weighted by atomic mass is 9.97. The molecule has 0 unspecified atom stereocenters. The van der Waals surface area contributed by atoms with Gasteiger partial charge in [-0.25, -0.2) is 22.2 Å². The maximum atomic E-state index is 14.3. The molecule has 2 atom stereocenters. The first-order valence-electron chi connectivity index (χ1n) is 8.00. The van der Waals surface area contributed by atoms with E-state index in [0.717, 1.165) is 6.26 Å². The van der Waals surface area contributed by atoms with Gasteiger partial charge in [0, 0.05) is 24.8 Å². The van der Waals surface area contributed by atoms with Crippen LogP contribution in [0.25, 0.3) is 5.69 Å². The van der Waals surface area contributed by atoms with E-state index in [9.17, 15) is 12.8 Å². The first-order valence-corrected chi connectivity index (χ1v) is 10.3. The van der Waals surface area contributed by atoms with Crippen molar-refractivity contribution in [3.05, 3.63) is 41.4 Å². The molecule has 1 saturated heterocycles. The maximum Gasteiger partial charge on any atom is 0.209 e. The number of rotatable bonds is 6. The second kappa shape index (κ2) is 7.91. The summed E-state index contributed by atoms with van der Waals surface area (Å²) in [5.74, 6) is -0.208. The number of ether oxygens (including phenoxy) is 2. The van der Waals surface area contributed by atoms with Gasteiger partial charge in [-0.2, -0.15) is 5.10 Å². The van der Waals surface area contributed by atoms with Crippen molar-refractivity contribution in [3.8, 4) is 11.4 Å². The predicted octanol–water partition coefficient (Wildman–Crippen LogP) is 2.00. The van der Waals surface area contributed by atoms with Gasteiger partial charge in [0.15, 0.2) is 5.82 Å². The van der Waals surface area contributed by atoms with Gasteiger partial charge in [-0.1, -0.05) is 11.6 Å². The van der Waals surface area contributed by atoms with E-state index < -0.39 is 15.8 Å². The highest BCUT2D eigenvalue weighted by atomic mass is 35.5. The van der Waals surface area contributed by atoms with Crippen LogP contribution >= 0.6 is 11.6 Å². The molecule has 0 aliphatic carbocycles. The molecular formula is C16H19ClFN3O4S. The molecule has 0 saturated carbocycles. The van der Waals surface area contributed by atoms with Crippen molar-refractivity contribution in [1.82, 2.24) is 14.5 Å². The van der Waals surface area contributed by atoms with Gasteiger partial charge in [0.25, 0.3) is 0 Å². The van der Waals surface area contributed by atoms with E-state index in [1.165, 1.54) is 23.1 Å². The van der Waals surface area contributed by atoms with Crippen LogP contribution in [0.15, 0.2) is 30.6 Å². The van der Waals surface area contributed by atoms with E-state index in [1.807, 2.05) is 0 Å². The lowest BCUT2D eigenvalue weighted by Gasteiger charge is -2.31. The van der Waals surface area contributed by atoms with Gasteiger partial charge in [0.2, 0.25) is 10.0 Å². The average Bonchev–Trinajstić information content (AvgIpc) is 2.99. The fourth-order valence-electron chi connectivity index (χ4n) is 2.79. The average molecular weight is 404 g/mol. The number of sulfonamides is 1. The molecule has 1 aromatic carbocycles. The smallest absolute Gasteiger partial charge is 0.209 e. The van der Waals surface area contributed by atoms with Crippen LogP contribution in [0.1, 0.15) is 6.42 Å². The van der Waals surface area contributed by atoms with Crippen molar-refractivity contribution in [2.75, 3.05) is 26.1 Å². The molecule has 26 heavy (non-hydrogen) atoms. The Labute approximate surface area is 156 Å². The van der Waals surface area contributed by atoms with Gasteiger partial charge in [0.05, 0.1) is 36.7 Å². The van der Waals surface area contributed by atoms with Crippen molar-refractivity contribution >= 4 is 21.6 Å². The van der Waals surface area contributed by atoms with E-state index >= 15 is 0 Å². The van der Waals surface area contributed by atoms with Gasteiger partial charge >= 0.3 is 0 Å². The van der Waals surface area contributed by atoms with Crippen LogP contribution in [0.4, 0.5) is 4.39 Å². The minimum absolute atomic E-state index is 0.0638. The second-order valence-corrected chi connectivity index (χ2v) is 8.36. The van der Waals surface area contributed by atoms with Gasteiger partial charge in [-0.3, -0.25) is 0 Å². The molecule has 2 heterocycles. The van der Waals surface area contributed by atoms with Gasteiger partial charge < -0.3 is 9.47 Å². The van der Waals surface area contributed by atoms with Crippen LogP contribution in [-0.4, -0.2) is 50.3 Å². The van der Waals surface area contributed by atoms with E-state index in [2.05, 4.69) is 9.82 Å². The number of nitrogens with zero attached hydrogens (tertiary/aromatic N) is 2. The lowest BCUT2D eigenvalue weighted by molar-refractivity contribution is 0.0275. The zero-order valence-corrected chi connectivity index (χ0v) is 15.6. The fraction of sp³-hybridized carbons (Fsp3) is 0.438. The van der Waals surface area contributed by atoms with Gasteiger partial charge in [-0.05, 0) is 18.6 Å². The molecule has 2 aromatic rings. The summed E-state index contributed by atoms with van der Waals surface area (Å²) >= 11 is 5.80. The Hall–Kier alpha value is -1.68. The van der Waals surface area contributed by atoms with Crippen LogP contribution in [0.3, 0.4) is 0 Å². The van der Waals surface area contributed by atoms with Crippen LogP contribution in [-0.2, 0) is 14.8 Å². The van der Waals surface area contributed by atoms with Crippen molar-refractivity contribution in [3.63, 3.8) is 0 Å². The molecular weight excluding hydrogens is 385 g/mol. The Morgan fingerprint density at radius 3 is 2.96 bits per heavy atom. The minimum Gasteiger partial charge on any atom is -0.493 e. The molecule has 0 bridgehead atoms. The molecule has 142 valence electrons. The number of halogens is 2.